The minimum Gasteiger partial charge on any atom is -0.333 e. The molecule has 0 aliphatic rings. The van der Waals surface area contributed by atoms with Gasteiger partial charge in [-0.1, -0.05) is 5.57 Å². The lowest BCUT2D eigenvalue weighted by molar-refractivity contribution is -0.129. The van der Waals surface area contributed by atoms with Crippen LogP contribution in [-0.4, -0.2) is 30.3 Å². The Labute approximate surface area is 111 Å². The number of allylic oxidation sites excluding steroid dienone is 1. The molecule has 1 N–H and O–H groups in total. The summed E-state index contributed by atoms with van der Waals surface area (Å²) in [5.41, 5.74) is 1.37. The highest BCUT2D eigenvalue weighted by molar-refractivity contribution is 5.96. The third-order valence-corrected chi connectivity index (χ3v) is 2.30. The predicted octanol–water partition coefficient (Wildman–Crippen LogP) is 2.19. The van der Waals surface area contributed by atoms with Gasteiger partial charge in [-0.3, -0.25) is 9.59 Å². The lowest BCUT2D eigenvalue weighted by Crippen LogP contribution is -2.34. The van der Waals surface area contributed by atoms with Crippen LogP contribution in [0.2, 0.25) is 0 Å². The van der Waals surface area contributed by atoms with Crippen molar-refractivity contribution < 1.29 is 14.0 Å². The molecule has 0 heterocycles. The smallest absolute Gasteiger partial charge is 0.246 e. The third kappa shape index (κ3) is 5.33. The maximum Gasteiger partial charge on any atom is 0.246 e. The minimum atomic E-state index is -0.367. The van der Waals surface area contributed by atoms with E-state index in [0.29, 0.717) is 5.69 Å². The largest absolute Gasteiger partial charge is 0.333 e. The van der Waals surface area contributed by atoms with E-state index in [1.165, 1.54) is 35.2 Å². The van der Waals surface area contributed by atoms with Crippen molar-refractivity contribution in [3.8, 4) is 0 Å². The second-order valence-electron chi connectivity index (χ2n) is 4.47. The van der Waals surface area contributed by atoms with Crippen LogP contribution in [0.3, 0.4) is 0 Å². The number of carbonyl (C=O) groups excluding carboxylic acids is 2. The fourth-order valence-corrected chi connectivity index (χ4v) is 1.38. The van der Waals surface area contributed by atoms with Crippen LogP contribution in [0, 0.1) is 5.82 Å². The molecule has 102 valence electrons. The Kier molecular flexibility index (Phi) is 5.23. The molecule has 0 aromatic heterocycles. The van der Waals surface area contributed by atoms with Crippen molar-refractivity contribution in [1.29, 1.82) is 0 Å². The van der Waals surface area contributed by atoms with Crippen LogP contribution in [0.1, 0.15) is 13.8 Å². The second-order valence-corrected chi connectivity index (χ2v) is 4.47. The Balaban J connectivity index is 2.53. The molecule has 0 aliphatic carbocycles. The van der Waals surface area contributed by atoms with Gasteiger partial charge >= 0.3 is 0 Å². The fraction of sp³-hybridized carbons (Fsp3) is 0.286. The summed E-state index contributed by atoms with van der Waals surface area (Å²) in [6.45, 7) is 3.56. The number of anilines is 1. The van der Waals surface area contributed by atoms with Crippen molar-refractivity contribution in [2.75, 3.05) is 18.9 Å². The van der Waals surface area contributed by atoms with Crippen molar-refractivity contribution in [3.05, 3.63) is 41.7 Å². The number of rotatable bonds is 4. The van der Waals surface area contributed by atoms with Crippen LogP contribution in [0.4, 0.5) is 10.1 Å². The number of halogens is 1. The summed E-state index contributed by atoms with van der Waals surface area (Å²) in [5.74, 6) is -0.923. The normalized spacial score (nSPS) is 9.68. The number of nitrogens with one attached hydrogen (secondary N) is 1. The number of hydrogen-bond acceptors (Lipinski definition) is 2. The molecular weight excluding hydrogens is 247 g/mol. The topological polar surface area (TPSA) is 49.4 Å². The first-order valence-electron chi connectivity index (χ1n) is 5.84. The lowest BCUT2D eigenvalue weighted by atomic mass is 10.3. The number of amides is 2. The van der Waals surface area contributed by atoms with Crippen LogP contribution in [0.15, 0.2) is 35.9 Å². The van der Waals surface area contributed by atoms with Crippen molar-refractivity contribution in [2.24, 2.45) is 0 Å². The average molecular weight is 264 g/mol. The molecule has 0 atom stereocenters. The zero-order valence-electron chi connectivity index (χ0n) is 11.2. The molecule has 0 bridgehead atoms. The monoisotopic (exact) mass is 264 g/mol. The molecule has 19 heavy (non-hydrogen) atoms. The van der Waals surface area contributed by atoms with Crippen LogP contribution >= 0.6 is 0 Å². The number of benzene rings is 1. The fourth-order valence-electron chi connectivity index (χ4n) is 1.38. The molecule has 0 fully saturated rings. The first-order chi connectivity index (χ1) is 8.88. The highest BCUT2D eigenvalue weighted by atomic mass is 19.1. The Morgan fingerprint density at radius 2 is 1.84 bits per heavy atom. The Morgan fingerprint density at radius 3 is 2.37 bits per heavy atom. The zero-order valence-corrected chi connectivity index (χ0v) is 11.2. The van der Waals surface area contributed by atoms with Crippen LogP contribution in [0.5, 0.6) is 0 Å². The molecule has 0 aliphatic heterocycles. The highest BCUT2D eigenvalue weighted by Gasteiger charge is 2.10. The van der Waals surface area contributed by atoms with Gasteiger partial charge in [0.05, 0.1) is 6.54 Å². The molecule has 2 amide bonds. The van der Waals surface area contributed by atoms with Crippen LogP contribution in [-0.2, 0) is 9.59 Å². The lowest BCUT2D eigenvalue weighted by Gasteiger charge is -2.15. The second kappa shape index (κ2) is 6.68. The summed E-state index contributed by atoms with van der Waals surface area (Å²) in [6.07, 6.45) is 1.46. The van der Waals surface area contributed by atoms with Gasteiger partial charge in [-0.15, -0.1) is 0 Å². The summed E-state index contributed by atoms with van der Waals surface area (Å²) in [7, 11) is 1.55. The molecule has 5 heteroatoms. The first-order valence-corrected chi connectivity index (χ1v) is 5.84. The van der Waals surface area contributed by atoms with Gasteiger partial charge in [0.2, 0.25) is 11.8 Å². The van der Waals surface area contributed by atoms with Crippen LogP contribution in [0.25, 0.3) is 0 Å². The quantitative estimate of drug-likeness (QED) is 0.847. The van der Waals surface area contributed by atoms with Crippen molar-refractivity contribution >= 4 is 17.5 Å². The summed E-state index contributed by atoms with van der Waals surface area (Å²) >= 11 is 0. The van der Waals surface area contributed by atoms with E-state index in [2.05, 4.69) is 5.32 Å². The van der Waals surface area contributed by atoms with Crippen molar-refractivity contribution in [1.82, 2.24) is 4.90 Å². The highest BCUT2D eigenvalue weighted by Crippen LogP contribution is 2.08. The number of hydrogen-bond donors (Lipinski definition) is 1. The molecule has 4 nitrogen and oxygen atoms in total. The standard InChI is InChI=1S/C14H17FN2O2/c1-10(2)8-14(19)17(3)9-13(18)16-12-6-4-11(15)5-7-12/h4-8H,9H2,1-3H3,(H,16,18). The molecular formula is C14H17FN2O2. The Bertz CT molecular complexity index is 491. The number of carbonyl (C=O) groups is 2. The van der Waals surface area contributed by atoms with Gasteiger partial charge in [0.25, 0.3) is 0 Å². The van der Waals surface area contributed by atoms with Crippen LogP contribution < -0.4 is 5.32 Å². The maximum absolute atomic E-state index is 12.7. The van der Waals surface area contributed by atoms with Crippen molar-refractivity contribution in [2.45, 2.75) is 13.8 Å². The minimum absolute atomic E-state index is 0.0556. The predicted molar refractivity (Wildman–Crippen MR) is 72.1 cm³/mol. The van der Waals surface area contributed by atoms with E-state index in [1.807, 2.05) is 13.8 Å². The number of nitrogens with zero attached hydrogens (tertiary/aromatic N) is 1. The average Bonchev–Trinajstić information content (AvgIpc) is 2.31. The maximum atomic E-state index is 12.7. The first kappa shape index (κ1) is 14.9. The van der Waals surface area contributed by atoms with E-state index in [-0.39, 0.29) is 24.2 Å². The molecule has 0 spiro atoms. The molecule has 0 unspecified atom stereocenters. The van der Waals surface area contributed by atoms with Gasteiger partial charge in [-0.25, -0.2) is 4.39 Å². The van der Waals surface area contributed by atoms with Gasteiger partial charge < -0.3 is 10.2 Å². The van der Waals surface area contributed by atoms with E-state index in [0.717, 1.165) is 5.57 Å². The molecule has 0 saturated carbocycles. The molecule has 0 radical (unpaired) electrons. The summed E-state index contributed by atoms with van der Waals surface area (Å²) < 4.78 is 12.7. The summed E-state index contributed by atoms with van der Waals surface area (Å²) in [6, 6.07) is 5.44. The van der Waals surface area contributed by atoms with Crippen molar-refractivity contribution in [3.63, 3.8) is 0 Å². The van der Waals surface area contributed by atoms with E-state index in [9.17, 15) is 14.0 Å². The van der Waals surface area contributed by atoms with E-state index in [4.69, 9.17) is 0 Å². The third-order valence-electron chi connectivity index (χ3n) is 2.30. The van der Waals surface area contributed by atoms with E-state index < -0.39 is 0 Å². The molecule has 1 aromatic carbocycles. The van der Waals surface area contributed by atoms with Gasteiger partial charge in [0, 0.05) is 18.8 Å². The van der Waals surface area contributed by atoms with E-state index >= 15 is 0 Å². The van der Waals surface area contributed by atoms with Gasteiger partial charge in [-0.05, 0) is 38.1 Å². The molecule has 1 rings (SSSR count). The van der Waals surface area contributed by atoms with Gasteiger partial charge in [0.1, 0.15) is 5.82 Å². The number of likely N-dealkylation sites (N-methyl/N-ethyl adjacent to an activating group) is 1. The van der Waals surface area contributed by atoms with Gasteiger partial charge in [0.15, 0.2) is 0 Å². The summed E-state index contributed by atoms with van der Waals surface area (Å²) in [4.78, 5) is 24.6. The molecule has 1 aromatic rings. The van der Waals surface area contributed by atoms with E-state index in [1.54, 1.807) is 7.05 Å². The molecule has 0 saturated heterocycles. The SMILES string of the molecule is CC(C)=CC(=O)N(C)CC(=O)Nc1ccc(F)cc1. The Hall–Kier alpha value is -2.17. The summed E-state index contributed by atoms with van der Waals surface area (Å²) in [5, 5.41) is 2.59. The Morgan fingerprint density at radius 1 is 1.26 bits per heavy atom. The van der Waals surface area contributed by atoms with Gasteiger partial charge in [-0.2, -0.15) is 0 Å². The zero-order chi connectivity index (χ0) is 14.4.